The Labute approximate surface area is 182 Å². The van der Waals surface area contributed by atoms with Crippen LogP contribution in [0.3, 0.4) is 0 Å². The molecule has 4 rings (SSSR count). The van der Waals surface area contributed by atoms with E-state index in [0.717, 1.165) is 14.8 Å². The average Bonchev–Trinajstić information content (AvgIpc) is 2.78. The van der Waals surface area contributed by atoms with Crippen molar-refractivity contribution in [1.82, 2.24) is 14.3 Å². The fourth-order valence-electron chi connectivity index (χ4n) is 3.18. The van der Waals surface area contributed by atoms with Crippen molar-refractivity contribution in [2.45, 2.75) is 13.5 Å². The molecular weight excluding hydrogens is 411 g/mol. The van der Waals surface area contributed by atoms with Gasteiger partial charge in [-0.1, -0.05) is 48.0 Å². The summed E-state index contributed by atoms with van der Waals surface area (Å²) in [4.78, 5) is 39.1. The lowest BCUT2D eigenvalue weighted by Crippen LogP contribution is -2.45. The standard InChI is InChI=1S/C24H19FN4O3/c1-16-10-12-20(13-11-16)29-24(32)28(15-17-6-5-7-18(25)14-17)23(31)21(27-29)22(30)26-19-8-3-2-4-9-19/h2-14H,15H2,1H3,(H,26,30). The lowest BCUT2D eigenvalue weighted by Gasteiger charge is -2.12. The van der Waals surface area contributed by atoms with Gasteiger partial charge in [-0.25, -0.2) is 9.18 Å². The number of hydrogen-bond donors (Lipinski definition) is 1. The minimum absolute atomic E-state index is 0.213. The summed E-state index contributed by atoms with van der Waals surface area (Å²) in [5.41, 5.74) is 0.184. The van der Waals surface area contributed by atoms with E-state index in [1.165, 1.54) is 18.2 Å². The smallest absolute Gasteiger partial charge is 0.320 e. The second kappa shape index (κ2) is 8.81. The molecule has 0 saturated carbocycles. The number of aromatic nitrogens is 3. The van der Waals surface area contributed by atoms with Crippen molar-refractivity contribution in [2.24, 2.45) is 0 Å². The summed E-state index contributed by atoms with van der Waals surface area (Å²) in [6.07, 6.45) is 0. The van der Waals surface area contributed by atoms with Gasteiger partial charge in [0.1, 0.15) is 5.82 Å². The molecule has 32 heavy (non-hydrogen) atoms. The van der Waals surface area contributed by atoms with Crippen molar-refractivity contribution >= 4 is 11.6 Å². The van der Waals surface area contributed by atoms with Crippen LogP contribution in [-0.2, 0) is 6.54 Å². The molecule has 0 unspecified atom stereocenters. The molecule has 0 saturated heterocycles. The zero-order valence-corrected chi connectivity index (χ0v) is 17.2. The van der Waals surface area contributed by atoms with E-state index in [2.05, 4.69) is 10.4 Å². The molecule has 160 valence electrons. The lowest BCUT2D eigenvalue weighted by atomic mass is 10.2. The van der Waals surface area contributed by atoms with Crippen molar-refractivity contribution in [3.05, 3.63) is 122 Å². The molecule has 0 bridgehead atoms. The highest BCUT2D eigenvalue weighted by molar-refractivity contribution is 6.02. The van der Waals surface area contributed by atoms with Gasteiger partial charge in [0.15, 0.2) is 0 Å². The Balaban J connectivity index is 1.86. The summed E-state index contributed by atoms with van der Waals surface area (Å²) >= 11 is 0. The van der Waals surface area contributed by atoms with Gasteiger partial charge in [-0.3, -0.25) is 14.2 Å². The number of para-hydroxylation sites is 1. The number of rotatable bonds is 5. The van der Waals surface area contributed by atoms with Gasteiger partial charge < -0.3 is 5.32 Å². The Morgan fingerprint density at radius 2 is 1.69 bits per heavy atom. The lowest BCUT2D eigenvalue weighted by molar-refractivity contribution is 0.101. The van der Waals surface area contributed by atoms with Crippen molar-refractivity contribution in [3.63, 3.8) is 0 Å². The van der Waals surface area contributed by atoms with Gasteiger partial charge in [0.2, 0.25) is 5.69 Å². The third kappa shape index (κ3) is 4.39. The molecule has 8 heteroatoms. The van der Waals surface area contributed by atoms with E-state index in [0.29, 0.717) is 16.9 Å². The van der Waals surface area contributed by atoms with Crippen LogP contribution < -0.4 is 16.6 Å². The third-order valence-electron chi connectivity index (χ3n) is 4.81. The van der Waals surface area contributed by atoms with Crippen LogP contribution in [0.25, 0.3) is 5.69 Å². The molecule has 0 atom stereocenters. The van der Waals surface area contributed by atoms with Crippen molar-refractivity contribution in [2.75, 3.05) is 5.32 Å². The highest BCUT2D eigenvalue weighted by Crippen LogP contribution is 2.09. The molecule has 0 fully saturated rings. The number of carbonyl (C=O) groups excluding carboxylic acids is 1. The topological polar surface area (TPSA) is 86.0 Å². The fraction of sp³-hybridized carbons (Fsp3) is 0.0833. The van der Waals surface area contributed by atoms with Crippen molar-refractivity contribution < 1.29 is 9.18 Å². The number of nitrogens with one attached hydrogen (secondary N) is 1. The van der Waals surface area contributed by atoms with Crippen LogP contribution in [0.4, 0.5) is 10.1 Å². The first-order chi connectivity index (χ1) is 15.4. The normalized spacial score (nSPS) is 10.7. The molecule has 1 aromatic heterocycles. The van der Waals surface area contributed by atoms with Gasteiger partial charge >= 0.3 is 5.69 Å². The number of anilines is 1. The minimum Gasteiger partial charge on any atom is -0.320 e. The van der Waals surface area contributed by atoms with Crippen LogP contribution in [0, 0.1) is 12.7 Å². The summed E-state index contributed by atoms with van der Waals surface area (Å²) in [7, 11) is 0. The van der Waals surface area contributed by atoms with Gasteiger partial charge in [0, 0.05) is 5.69 Å². The van der Waals surface area contributed by atoms with E-state index < -0.39 is 28.7 Å². The zero-order chi connectivity index (χ0) is 22.7. The second-order valence-electron chi connectivity index (χ2n) is 7.22. The third-order valence-corrected chi connectivity index (χ3v) is 4.81. The Morgan fingerprint density at radius 1 is 0.969 bits per heavy atom. The predicted molar refractivity (Wildman–Crippen MR) is 119 cm³/mol. The second-order valence-corrected chi connectivity index (χ2v) is 7.22. The first-order valence-electron chi connectivity index (χ1n) is 9.84. The molecule has 0 radical (unpaired) electrons. The van der Waals surface area contributed by atoms with Gasteiger partial charge in [-0.05, 0) is 48.9 Å². The largest absolute Gasteiger partial charge is 0.352 e. The highest BCUT2D eigenvalue weighted by atomic mass is 19.1. The van der Waals surface area contributed by atoms with Crippen molar-refractivity contribution in [3.8, 4) is 5.69 Å². The maximum Gasteiger partial charge on any atom is 0.352 e. The number of aryl methyl sites for hydroxylation is 1. The van der Waals surface area contributed by atoms with Gasteiger partial charge in [-0.15, -0.1) is 0 Å². The Bertz CT molecular complexity index is 1390. The van der Waals surface area contributed by atoms with Crippen LogP contribution in [0.15, 0.2) is 88.5 Å². The molecule has 0 spiro atoms. The summed E-state index contributed by atoms with van der Waals surface area (Å²) < 4.78 is 15.5. The molecule has 1 amide bonds. The maximum atomic E-state index is 13.7. The van der Waals surface area contributed by atoms with Crippen LogP contribution in [0.5, 0.6) is 0 Å². The average molecular weight is 430 g/mol. The van der Waals surface area contributed by atoms with Gasteiger partial charge in [-0.2, -0.15) is 9.78 Å². The van der Waals surface area contributed by atoms with E-state index in [1.807, 2.05) is 6.92 Å². The molecular formula is C24H19FN4O3. The molecule has 1 heterocycles. The number of amides is 1. The number of carbonyl (C=O) groups is 1. The molecule has 0 aliphatic rings. The highest BCUT2D eigenvalue weighted by Gasteiger charge is 2.21. The van der Waals surface area contributed by atoms with Crippen LogP contribution in [-0.4, -0.2) is 20.3 Å². The van der Waals surface area contributed by atoms with Gasteiger partial charge in [0.05, 0.1) is 12.2 Å². The summed E-state index contributed by atoms with van der Waals surface area (Å²) in [6, 6.07) is 21.1. The SMILES string of the molecule is Cc1ccc(-n2nc(C(=O)Nc3ccccc3)c(=O)n(Cc3cccc(F)c3)c2=O)cc1. The maximum absolute atomic E-state index is 13.7. The minimum atomic E-state index is -0.865. The fourth-order valence-corrected chi connectivity index (χ4v) is 3.18. The van der Waals surface area contributed by atoms with E-state index in [1.54, 1.807) is 60.7 Å². The zero-order valence-electron chi connectivity index (χ0n) is 17.2. The van der Waals surface area contributed by atoms with Crippen molar-refractivity contribution in [1.29, 1.82) is 0 Å². The first kappa shape index (κ1) is 20.9. The monoisotopic (exact) mass is 430 g/mol. The van der Waals surface area contributed by atoms with Crippen LogP contribution >= 0.6 is 0 Å². The molecule has 0 aliphatic carbocycles. The van der Waals surface area contributed by atoms with E-state index in [4.69, 9.17) is 0 Å². The molecule has 1 N–H and O–H groups in total. The summed E-state index contributed by atoms with van der Waals surface area (Å²) in [5.74, 6) is -1.25. The predicted octanol–water partition coefficient (Wildman–Crippen LogP) is 3.14. The molecule has 4 aromatic rings. The van der Waals surface area contributed by atoms with Gasteiger partial charge in [0.25, 0.3) is 11.5 Å². The summed E-state index contributed by atoms with van der Waals surface area (Å²) in [6.45, 7) is 1.68. The van der Waals surface area contributed by atoms with E-state index in [-0.39, 0.29) is 6.54 Å². The molecule has 7 nitrogen and oxygen atoms in total. The number of benzene rings is 3. The summed E-state index contributed by atoms with van der Waals surface area (Å²) in [5, 5.41) is 6.69. The Morgan fingerprint density at radius 3 is 2.38 bits per heavy atom. The molecule has 3 aromatic carbocycles. The number of hydrogen-bond acceptors (Lipinski definition) is 4. The van der Waals surface area contributed by atoms with Crippen LogP contribution in [0.2, 0.25) is 0 Å². The quantitative estimate of drug-likeness (QED) is 0.527. The van der Waals surface area contributed by atoms with E-state index >= 15 is 0 Å². The molecule has 0 aliphatic heterocycles. The Hall–Kier alpha value is -4.33. The number of halogens is 1. The first-order valence-corrected chi connectivity index (χ1v) is 9.84. The Kier molecular flexibility index (Phi) is 5.76. The number of nitrogens with zero attached hydrogens (tertiary/aromatic N) is 3. The van der Waals surface area contributed by atoms with Crippen LogP contribution in [0.1, 0.15) is 21.6 Å². The van der Waals surface area contributed by atoms with E-state index in [9.17, 15) is 18.8 Å².